The Balaban J connectivity index is 1.96. The van der Waals surface area contributed by atoms with Gasteiger partial charge in [0.15, 0.2) is 0 Å². The van der Waals surface area contributed by atoms with Gasteiger partial charge in [-0.15, -0.1) is 0 Å². The molecule has 0 spiro atoms. The smallest absolute Gasteiger partial charge is 0.0645 e. The van der Waals surface area contributed by atoms with Gasteiger partial charge in [-0.25, -0.2) is 0 Å². The molecule has 0 saturated carbocycles. The maximum absolute atomic E-state index is 2.47. The summed E-state index contributed by atoms with van der Waals surface area (Å²) < 4.78 is 0. The minimum Gasteiger partial charge on any atom is -0.0645 e. The molecular formula is C21H19Si. The fraction of sp³-hybridized carbons (Fsp3) is 0.0952. The number of hydrogen-bond acceptors (Lipinski definition) is 0. The highest BCUT2D eigenvalue weighted by atomic mass is 28.3. The van der Waals surface area contributed by atoms with Crippen molar-refractivity contribution in [3.05, 3.63) is 95.5 Å². The zero-order valence-electron chi connectivity index (χ0n) is 13.0. The van der Waals surface area contributed by atoms with Gasteiger partial charge < -0.3 is 0 Å². The van der Waals surface area contributed by atoms with Crippen molar-refractivity contribution in [3.63, 3.8) is 0 Å². The predicted octanol–water partition coefficient (Wildman–Crippen LogP) is 4.79. The van der Waals surface area contributed by atoms with Gasteiger partial charge in [0.05, 0.1) is 8.07 Å². The summed E-state index contributed by atoms with van der Waals surface area (Å²) in [5.74, 6) is 0. The summed E-state index contributed by atoms with van der Waals surface area (Å²) in [6.45, 7) is 4.94. The number of hydrogen-bond donors (Lipinski definition) is 0. The van der Waals surface area contributed by atoms with E-state index in [-0.39, 0.29) is 0 Å². The van der Waals surface area contributed by atoms with Crippen molar-refractivity contribution in [2.24, 2.45) is 0 Å². The Hall–Kier alpha value is -2.12. The molecule has 0 aromatic heterocycles. The van der Waals surface area contributed by atoms with Crippen LogP contribution >= 0.6 is 0 Å². The fourth-order valence-corrected chi connectivity index (χ4v) is 6.79. The van der Waals surface area contributed by atoms with Crippen LogP contribution in [0.1, 0.15) is 11.1 Å². The maximum Gasteiger partial charge on any atom is 0.0975 e. The first-order valence-electron chi connectivity index (χ1n) is 7.82. The molecule has 1 heteroatoms. The van der Waals surface area contributed by atoms with Crippen molar-refractivity contribution in [2.75, 3.05) is 0 Å². The summed E-state index contributed by atoms with van der Waals surface area (Å²) in [5.41, 5.74) is 7.23. The molecule has 0 nitrogen and oxygen atoms in total. The van der Waals surface area contributed by atoms with Crippen LogP contribution in [0.25, 0.3) is 11.1 Å². The quantitative estimate of drug-likeness (QED) is 0.597. The lowest BCUT2D eigenvalue weighted by Crippen LogP contribution is -2.48. The summed E-state index contributed by atoms with van der Waals surface area (Å²) in [7, 11) is -1.73. The first-order chi connectivity index (χ1) is 10.7. The lowest BCUT2D eigenvalue weighted by molar-refractivity contribution is 1.40. The van der Waals surface area contributed by atoms with E-state index in [2.05, 4.69) is 92.0 Å². The molecular weight excluding hydrogens is 280 g/mol. The summed E-state index contributed by atoms with van der Waals surface area (Å²) in [5, 5.41) is 1.50. The van der Waals surface area contributed by atoms with Crippen LogP contribution in [0.2, 0.25) is 13.1 Å². The molecule has 0 amide bonds. The SMILES string of the molecule is C[Si](C)([C]1c2ccccc2-c2ccccc21)c1ccccc1. The van der Waals surface area contributed by atoms with E-state index in [1.807, 2.05) is 0 Å². The lowest BCUT2D eigenvalue weighted by atomic mass is 10.1. The number of rotatable bonds is 2. The lowest BCUT2D eigenvalue weighted by Gasteiger charge is -2.31. The molecule has 0 atom stereocenters. The minimum atomic E-state index is -1.73. The second kappa shape index (κ2) is 4.96. The third-order valence-electron chi connectivity index (χ3n) is 4.80. The average Bonchev–Trinajstić information content (AvgIpc) is 2.91. The van der Waals surface area contributed by atoms with Gasteiger partial charge in [-0.3, -0.25) is 0 Å². The molecule has 0 unspecified atom stereocenters. The summed E-state index contributed by atoms with van der Waals surface area (Å²) >= 11 is 0. The van der Waals surface area contributed by atoms with Crippen molar-refractivity contribution in [3.8, 4) is 11.1 Å². The maximum atomic E-state index is 2.47. The van der Waals surface area contributed by atoms with Gasteiger partial charge >= 0.3 is 0 Å². The normalized spacial score (nSPS) is 13.7. The van der Waals surface area contributed by atoms with Crippen LogP contribution < -0.4 is 5.19 Å². The molecule has 1 aliphatic rings. The average molecular weight is 299 g/mol. The third-order valence-corrected chi connectivity index (χ3v) is 8.37. The highest BCUT2D eigenvalue weighted by Gasteiger charge is 2.42. The van der Waals surface area contributed by atoms with Crippen molar-refractivity contribution in [1.29, 1.82) is 0 Å². The molecule has 0 aliphatic heterocycles. The fourth-order valence-electron chi connectivity index (χ4n) is 3.69. The molecule has 0 bridgehead atoms. The molecule has 3 aromatic rings. The molecule has 3 aromatic carbocycles. The Morgan fingerprint density at radius 1 is 0.500 bits per heavy atom. The van der Waals surface area contributed by atoms with Crippen LogP contribution in [0, 0.1) is 5.54 Å². The van der Waals surface area contributed by atoms with E-state index >= 15 is 0 Å². The zero-order chi connectivity index (χ0) is 15.2. The topological polar surface area (TPSA) is 0 Å². The highest BCUT2D eigenvalue weighted by molar-refractivity contribution is 6.96. The first kappa shape index (κ1) is 13.5. The van der Waals surface area contributed by atoms with Gasteiger partial charge in [0.2, 0.25) is 0 Å². The van der Waals surface area contributed by atoms with Gasteiger partial charge in [0.1, 0.15) is 0 Å². The molecule has 0 fully saturated rings. The second-order valence-corrected chi connectivity index (χ2v) is 10.8. The predicted molar refractivity (Wildman–Crippen MR) is 96.9 cm³/mol. The van der Waals surface area contributed by atoms with E-state index in [0.717, 1.165) is 0 Å². The Morgan fingerprint density at radius 2 is 0.909 bits per heavy atom. The van der Waals surface area contributed by atoms with Gasteiger partial charge in [-0.05, 0) is 22.3 Å². The van der Waals surface area contributed by atoms with Crippen LogP contribution in [0.5, 0.6) is 0 Å². The minimum absolute atomic E-state index is 1.39. The standard InChI is InChI=1S/C21H19Si/c1-22(2,16-10-4-3-5-11-16)21-19-14-8-6-12-17(19)18-13-7-9-15-20(18)21/h3-15H,1-2H3. The van der Waals surface area contributed by atoms with Crippen LogP contribution in [-0.2, 0) is 0 Å². The monoisotopic (exact) mass is 299 g/mol. The molecule has 0 heterocycles. The van der Waals surface area contributed by atoms with Gasteiger partial charge in [-0.1, -0.05) is 97.1 Å². The molecule has 1 radical (unpaired) electrons. The van der Waals surface area contributed by atoms with Crippen LogP contribution in [0.15, 0.2) is 78.9 Å². The van der Waals surface area contributed by atoms with E-state index in [0.29, 0.717) is 0 Å². The van der Waals surface area contributed by atoms with E-state index in [4.69, 9.17) is 0 Å². The van der Waals surface area contributed by atoms with E-state index in [1.165, 1.54) is 27.4 Å². The van der Waals surface area contributed by atoms with Crippen LogP contribution in [0.4, 0.5) is 0 Å². The largest absolute Gasteiger partial charge is 0.0975 e. The molecule has 1 aliphatic carbocycles. The highest BCUT2D eigenvalue weighted by Crippen LogP contribution is 2.47. The summed E-state index contributed by atoms with van der Waals surface area (Å²) in [6, 6.07) is 28.8. The van der Waals surface area contributed by atoms with Crippen molar-refractivity contribution in [2.45, 2.75) is 13.1 Å². The first-order valence-corrected chi connectivity index (χ1v) is 10.8. The van der Waals surface area contributed by atoms with Crippen LogP contribution in [-0.4, -0.2) is 8.07 Å². The van der Waals surface area contributed by atoms with Crippen molar-refractivity contribution < 1.29 is 0 Å². The number of benzene rings is 3. The van der Waals surface area contributed by atoms with Crippen molar-refractivity contribution in [1.82, 2.24) is 0 Å². The Kier molecular flexibility index (Phi) is 3.05. The molecule has 0 saturated heterocycles. The van der Waals surface area contributed by atoms with E-state index in [9.17, 15) is 0 Å². The van der Waals surface area contributed by atoms with Gasteiger partial charge in [0, 0.05) is 5.54 Å². The van der Waals surface area contributed by atoms with E-state index in [1.54, 1.807) is 5.54 Å². The Labute approximate surface area is 133 Å². The van der Waals surface area contributed by atoms with Gasteiger partial charge in [0.25, 0.3) is 0 Å². The number of fused-ring (bicyclic) bond motifs is 3. The molecule has 107 valence electrons. The molecule has 4 rings (SSSR count). The van der Waals surface area contributed by atoms with Gasteiger partial charge in [-0.2, -0.15) is 0 Å². The molecule has 22 heavy (non-hydrogen) atoms. The van der Waals surface area contributed by atoms with E-state index < -0.39 is 8.07 Å². The van der Waals surface area contributed by atoms with Crippen LogP contribution in [0.3, 0.4) is 0 Å². The van der Waals surface area contributed by atoms with Crippen molar-refractivity contribution >= 4 is 13.3 Å². The Bertz CT molecular complexity index is 773. The third kappa shape index (κ3) is 1.89. The summed E-state index contributed by atoms with van der Waals surface area (Å²) in [6.07, 6.45) is 0. The zero-order valence-corrected chi connectivity index (χ0v) is 14.0. The molecule has 0 N–H and O–H groups in total. The second-order valence-electron chi connectivity index (χ2n) is 6.46. The summed E-state index contributed by atoms with van der Waals surface area (Å²) in [4.78, 5) is 0. The Morgan fingerprint density at radius 3 is 1.41 bits per heavy atom.